The van der Waals surface area contributed by atoms with E-state index >= 15 is 0 Å². The molecule has 0 bridgehead atoms. The number of morpholine rings is 1. The molecular weight excluding hydrogens is 403 g/mol. The normalized spacial score (nSPS) is 15.6. The van der Waals surface area contributed by atoms with Gasteiger partial charge in [-0.1, -0.05) is 17.4 Å². The minimum Gasteiger partial charge on any atom is -0.379 e. The summed E-state index contributed by atoms with van der Waals surface area (Å²) in [5.74, 6) is -0.494. The smallest absolute Gasteiger partial charge is 0.379 e. The summed E-state index contributed by atoms with van der Waals surface area (Å²) in [6.45, 7) is 4.10. The van der Waals surface area contributed by atoms with Gasteiger partial charge in [0.1, 0.15) is 0 Å². The molecule has 1 fully saturated rings. The Bertz CT molecular complexity index is 1010. The van der Waals surface area contributed by atoms with Gasteiger partial charge in [-0.15, -0.1) is 0 Å². The van der Waals surface area contributed by atoms with E-state index in [0.29, 0.717) is 5.13 Å². The maximum atomic E-state index is 12.6. The third-order valence-electron chi connectivity index (χ3n) is 4.66. The topological polar surface area (TPSA) is 54.5 Å². The Kier molecular flexibility index (Phi) is 5.53. The number of aromatic nitrogens is 1. The van der Waals surface area contributed by atoms with Crippen LogP contribution < -0.4 is 5.32 Å². The second-order valence-electron chi connectivity index (χ2n) is 6.74. The lowest BCUT2D eigenvalue weighted by Crippen LogP contribution is -2.35. The predicted octanol–water partition coefficient (Wildman–Crippen LogP) is 4.40. The Morgan fingerprint density at radius 3 is 2.55 bits per heavy atom. The molecule has 9 heteroatoms. The number of carbonyl (C=O) groups excluding carboxylic acids is 1. The van der Waals surface area contributed by atoms with Crippen molar-refractivity contribution in [3.63, 3.8) is 0 Å². The van der Waals surface area contributed by atoms with Crippen LogP contribution in [0.4, 0.5) is 18.3 Å². The second kappa shape index (κ2) is 8.10. The van der Waals surface area contributed by atoms with E-state index in [-0.39, 0.29) is 5.56 Å². The van der Waals surface area contributed by atoms with Crippen molar-refractivity contribution in [3.05, 3.63) is 59.2 Å². The number of alkyl halides is 3. The van der Waals surface area contributed by atoms with Crippen LogP contribution in [-0.4, -0.2) is 42.1 Å². The number of benzene rings is 2. The molecule has 3 aromatic rings. The summed E-state index contributed by atoms with van der Waals surface area (Å²) in [6, 6.07) is 10.1. The van der Waals surface area contributed by atoms with Crippen LogP contribution in [0.15, 0.2) is 42.5 Å². The van der Waals surface area contributed by atoms with E-state index in [1.807, 2.05) is 12.1 Å². The molecule has 2 aromatic carbocycles. The van der Waals surface area contributed by atoms with Crippen LogP contribution in [0.2, 0.25) is 0 Å². The minimum atomic E-state index is -4.43. The summed E-state index contributed by atoms with van der Waals surface area (Å²) in [6.07, 6.45) is -4.43. The highest BCUT2D eigenvalue weighted by Gasteiger charge is 2.30. The molecule has 0 atom stereocenters. The van der Waals surface area contributed by atoms with E-state index in [4.69, 9.17) is 4.74 Å². The van der Waals surface area contributed by atoms with Gasteiger partial charge in [-0.2, -0.15) is 13.2 Å². The van der Waals surface area contributed by atoms with E-state index in [2.05, 4.69) is 21.3 Å². The molecule has 1 N–H and O–H groups in total. The number of nitrogens with zero attached hydrogens (tertiary/aromatic N) is 2. The maximum absolute atomic E-state index is 12.6. The lowest BCUT2D eigenvalue weighted by Gasteiger charge is -2.26. The molecule has 4 rings (SSSR count). The van der Waals surface area contributed by atoms with Crippen LogP contribution in [0.25, 0.3) is 10.2 Å². The standard InChI is InChI=1S/C20H18F3N3O2S/c21-20(22,23)15-4-2-14(3-5-15)18(27)25-19-24-16-6-1-13(11-17(16)29-19)12-26-7-9-28-10-8-26/h1-6,11H,7-10,12H2,(H,24,25,27). The summed E-state index contributed by atoms with van der Waals surface area (Å²) in [5, 5.41) is 3.08. The van der Waals surface area contributed by atoms with Crippen molar-refractivity contribution in [1.82, 2.24) is 9.88 Å². The quantitative estimate of drug-likeness (QED) is 0.679. The second-order valence-corrected chi connectivity index (χ2v) is 7.77. The summed E-state index contributed by atoms with van der Waals surface area (Å²) in [4.78, 5) is 19.1. The molecule has 1 aliphatic rings. The first-order valence-corrected chi connectivity index (χ1v) is 9.88. The number of fused-ring (bicyclic) bond motifs is 1. The molecule has 2 heterocycles. The molecule has 0 unspecified atom stereocenters. The van der Waals surface area contributed by atoms with Crippen molar-refractivity contribution in [3.8, 4) is 0 Å². The van der Waals surface area contributed by atoms with Crippen LogP contribution in [0.3, 0.4) is 0 Å². The van der Waals surface area contributed by atoms with Gasteiger partial charge in [-0.05, 0) is 42.0 Å². The number of hydrogen-bond donors (Lipinski definition) is 1. The van der Waals surface area contributed by atoms with E-state index in [1.54, 1.807) is 0 Å². The molecule has 1 aliphatic heterocycles. The Morgan fingerprint density at radius 1 is 1.14 bits per heavy atom. The predicted molar refractivity (Wildman–Crippen MR) is 105 cm³/mol. The zero-order chi connectivity index (χ0) is 20.4. The SMILES string of the molecule is O=C(Nc1nc2ccc(CN3CCOCC3)cc2s1)c1ccc(C(F)(F)F)cc1. The molecule has 1 saturated heterocycles. The first-order chi connectivity index (χ1) is 13.9. The number of rotatable bonds is 4. The molecule has 152 valence electrons. The fourth-order valence-corrected chi connectivity index (χ4v) is 4.04. The molecule has 1 amide bonds. The molecule has 0 saturated carbocycles. The van der Waals surface area contributed by atoms with Crippen molar-refractivity contribution < 1.29 is 22.7 Å². The molecule has 1 aromatic heterocycles. The Labute approximate surface area is 169 Å². The van der Waals surface area contributed by atoms with Gasteiger partial charge in [0.2, 0.25) is 0 Å². The third kappa shape index (κ3) is 4.75. The van der Waals surface area contributed by atoms with E-state index in [1.165, 1.54) is 11.3 Å². The third-order valence-corrected chi connectivity index (χ3v) is 5.59. The summed E-state index contributed by atoms with van der Waals surface area (Å²) in [5.41, 5.74) is 1.28. The molecule has 0 spiro atoms. The van der Waals surface area contributed by atoms with Gasteiger partial charge in [0.15, 0.2) is 5.13 Å². The van der Waals surface area contributed by atoms with Crippen LogP contribution in [-0.2, 0) is 17.5 Å². The highest BCUT2D eigenvalue weighted by atomic mass is 32.1. The molecule has 0 radical (unpaired) electrons. The molecule has 5 nitrogen and oxygen atoms in total. The van der Waals surface area contributed by atoms with Crippen LogP contribution in [0.5, 0.6) is 0 Å². The van der Waals surface area contributed by atoms with Gasteiger partial charge >= 0.3 is 6.18 Å². The fraction of sp³-hybridized carbons (Fsp3) is 0.300. The Morgan fingerprint density at radius 2 is 1.86 bits per heavy atom. The van der Waals surface area contributed by atoms with Crippen molar-refractivity contribution in [1.29, 1.82) is 0 Å². The van der Waals surface area contributed by atoms with Gasteiger partial charge in [0, 0.05) is 25.2 Å². The molecular formula is C20H18F3N3O2S. The van der Waals surface area contributed by atoms with Crippen LogP contribution in [0.1, 0.15) is 21.5 Å². The van der Waals surface area contributed by atoms with Gasteiger partial charge in [0.05, 0.1) is 29.0 Å². The van der Waals surface area contributed by atoms with Crippen molar-refractivity contribution in [2.24, 2.45) is 0 Å². The van der Waals surface area contributed by atoms with Gasteiger partial charge < -0.3 is 4.74 Å². The van der Waals surface area contributed by atoms with Crippen molar-refractivity contribution in [2.45, 2.75) is 12.7 Å². The fourth-order valence-electron chi connectivity index (χ4n) is 3.12. The number of hydrogen-bond acceptors (Lipinski definition) is 5. The van der Waals surface area contributed by atoms with Gasteiger partial charge in [-0.25, -0.2) is 4.98 Å². The van der Waals surface area contributed by atoms with E-state index < -0.39 is 17.6 Å². The number of amides is 1. The maximum Gasteiger partial charge on any atom is 0.416 e. The number of anilines is 1. The highest BCUT2D eigenvalue weighted by molar-refractivity contribution is 7.22. The van der Waals surface area contributed by atoms with E-state index in [9.17, 15) is 18.0 Å². The largest absolute Gasteiger partial charge is 0.416 e. The number of nitrogens with one attached hydrogen (secondary N) is 1. The highest BCUT2D eigenvalue weighted by Crippen LogP contribution is 2.30. The lowest BCUT2D eigenvalue weighted by atomic mass is 10.1. The Balaban J connectivity index is 1.45. The lowest BCUT2D eigenvalue weighted by molar-refractivity contribution is -0.137. The number of halogens is 3. The zero-order valence-corrected chi connectivity index (χ0v) is 16.1. The number of thiazole rings is 1. The molecule has 0 aliphatic carbocycles. The Hall–Kier alpha value is -2.49. The summed E-state index contributed by atoms with van der Waals surface area (Å²) < 4.78 is 44.2. The first-order valence-electron chi connectivity index (χ1n) is 9.07. The van der Waals surface area contributed by atoms with Crippen molar-refractivity contribution in [2.75, 3.05) is 31.6 Å². The van der Waals surface area contributed by atoms with Gasteiger partial charge in [-0.3, -0.25) is 15.0 Å². The number of carbonyl (C=O) groups is 1. The average molecular weight is 421 g/mol. The molecule has 29 heavy (non-hydrogen) atoms. The van der Waals surface area contributed by atoms with E-state index in [0.717, 1.165) is 72.9 Å². The minimum absolute atomic E-state index is 0.144. The summed E-state index contributed by atoms with van der Waals surface area (Å²) in [7, 11) is 0. The summed E-state index contributed by atoms with van der Waals surface area (Å²) >= 11 is 1.34. The monoisotopic (exact) mass is 421 g/mol. The van der Waals surface area contributed by atoms with Crippen molar-refractivity contribution >= 4 is 32.6 Å². The average Bonchev–Trinajstić information content (AvgIpc) is 3.09. The van der Waals surface area contributed by atoms with Crippen LogP contribution in [0, 0.1) is 0 Å². The zero-order valence-electron chi connectivity index (χ0n) is 15.3. The first kappa shape index (κ1) is 19.8. The number of ether oxygens (including phenoxy) is 1. The van der Waals surface area contributed by atoms with Crippen LogP contribution >= 0.6 is 11.3 Å². The van der Waals surface area contributed by atoms with Gasteiger partial charge in [0.25, 0.3) is 5.91 Å².